The zero-order valence-electron chi connectivity index (χ0n) is 14.9. The van der Waals surface area contributed by atoms with E-state index in [0.717, 1.165) is 38.2 Å². The van der Waals surface area contributed by atoms with Gasteiger partial charge in [0.2, 0.25) is 0 Å². The maximum Gasteiger partial charge on any atom is 0.253 e. The second kappa shape index (κ2) is 9.23. The van der Waals surface area contributed by atoms with Gasteiger partial charge < -0.3 is 10.2 Å². The average Bonchev–Trinajstić information content (AvgIpc) is 3.13. The lowest BCUT2D eigenvalue weighted by molar-refractivity contribution is 0.0937. The molecule has 5 nitrogen and oxygen atoms in total. The highest BCUT2D eigenvalue weighted by Crippen LogP contribution is 2.14. The van der Waals surface area contributed by atoms with Crippen molar-refractivity contribution in [3.05, 3.63) is 48.3 Å². The highest BCUT2D eigenvalue weighted by molar-refractivity contribution is 5.97. The van der Waals surface area contributed by atoms with Gasteiger partial charge in [-0.05, 0) is 57.6 Å². The van der Waals surface area contributed by atoms with Gasteiger partial charge in [-0.1, -0.05) is 26.0 Å². The van der Waals surface area contributed by atoms with Crippen LogP contribution in [0.1, 0.15) is 44.0 Å². The Hall–Kier alpha value is -2.14. The van der Waals surface area contributed by atoms with Crippen LogP contribution in [0.25, 0.3) is 5.69 Å². The van der Waals surface area contributed by atoms with Gasteiger partial charge in [0, 0.05) is 18.4 Å². The van der Waals surface area contributed by atoms with E-state index in [0.29, 0.717) is 5.56 Å². The lowest BCUT2D eigenvalue weighted by Gasteiger charge is -2.20. The number of hydrogen-bond donors (Lipinski definition) is 1. The molecular formula is C19H28N4O. The smallest absolute Gasteiger partial charge is 0.253 e. The fourth-order valence-electron chi connectivity index (χ4n) is 2.81. The van der Waals surface area contributed by atoms with Crippen LogP contribution in [-0.4, -0.2) is 46.3 Å². The van der Waals surface area contributed by atoms with Crippen molar-refractivity contribution >= 4 is 5.91 Å². The lowest BCUT2D eigenvalue weighted by Crippen LogP contribution is -2.34. The van der Waals surface area contributed by atoms with Gasteiger partial charge >= 0.3 is 0 Å². The molecule has 0 saturated carbocycles. The third kappa shape index (κ3) is 4.93. The topological polar surface area (TPSA) is 50.2 Å². The van der Waals surface area contributed by atoms with Gasteiger partial charge in [0.15, 0.2) is 0 Å². The van der Waals surface area contributed by atoms with E-state index in [2.05, 4.69) is 36.1 Å². The molecule has 2 aromatic rings. The summed E-state index contributed by atoms with van der Waals surface area (Å²) in [7, 11) is 0. The number of carbonyl (C=O) groups is 1. The monoisotopic (exact) mass is 328 g/mol. The zero-order chi connectivity index (χ0) is 17.4. The molecule has 0 bridgehead atoms. The van der Waals surface area contributed by atoms with Crippen molar-refractivity contribution < 1.29 is 4.79 Å². The largest absolute Gasteiger partial charge is 0.350 e. The van der Waals surface area contributed by atoms with Crippen molar-refractivity contribution in [1.82, 2.24) is 20.0 Å². The van der Waals surface area contributed by atoms with E-state index in [4.69, 9.17) is 0 Å². The number of para-hydroxylation sites is 1. The Kier molecular flexibility index (Phi) is 7.00. The molecule has 1 amide bonds. The van der Waals surface area contributed by atoms with Gasteiger partial charge in [0.25, 0.3) is 5.91 Å². The molecule has 5 heteroatoms. The Morgan fingerprint density at radius 3 is 2.67 bits per heavy atom. The highest BCUT2D eigenvalue weighted by Gasteiger charge is 2.14. The summed E-state index contributed by atoms with van der Waals surface area (Å²) in [5.41, 5.74) is 1.45. The quantitative estimate of drug-likeness (QED) is 0.769. The standard InChI is InChI=1S/C19H28N4O/c1-4-22(5-2)14-8-10-16(3)21-19(24)17-11-6-7-12-18(17)23-15-9-13-20-23/h6-7,9,11-13,15-16H,4-5,8,10,14H2,1-3H3,(H,21,24)/t16-/m0/s1. The summed E-state index contributed by atoms with van der Waals surface area (Å²) in [6.45, 7) is 9.67. The second-order valence-electron chi connectivity index (χ2n) is 6.01. The van der Waals surface area contributed by atoms with Crippen LogP contribution in [0.3, 0.4) is 0 Å². The van der Waals surface area contributed by atoms with Crippen LogP contribution in [-0.2, 0) is 0 Å². The first-order valence-corrected chi connectivity index (χ1v) is 8.78. The number of hydrogen-bond acceptors (Lipinski definition) is 3. The average molecular weight is 328 g/mol. The molecule has 0 aliphatic rings. The number of rotatable bonds is 9. The number of nitrogens with one attached hydrogen (secondary N) is 1. The first-order valence-electron chi connectivity index (χ1n) is 8.78. The molecule has 1 aromatic carbocycles. The van der Waals surface area contributed by atoms with E-state index in [1.54, 1.807) is 10.9 Å². The van der Waals surface area contributed by atoms with Crippen molar-refractivity contribution in [2.45, 2.75) is 39.7 Å². The van der Waals surface area contributed by atoms with Crippen molar-refractivity contribution in [2.24, 2.45) is 0 Å². The molecule has 0 saturated heterocycles. The predicted octanol–water partition coefficient (Wildman–Crippen LogP) is 3.11. The molecule has 1 atom stereocenters. The molecule has 0 unspecified atom stereocenters. The number of amides is 1. The number of aromatic nitrogens is 2. The summed E-state index contributed by atoms with van der Waals surface area (Å²) >= 11 is 0. The highest BCUT2D eigenvalue weighted by atomic mass is 16.1. The Morgan fingerprint density at radius 1 is 1.25 bits per heavy atom. The van der Waals surface area contributed by atoms with Gasteiger partial charge in [-0.25, -0.2) is 4.68 Å². The van der Waals surface area contributed by atoms with Crippen molar-refractivity contribution in [3.63, 3.8) is 0 Å². The molecule has 130 valence electrons. The fraction of sp³-hybridized carbons (Fsp3) is 0.474. The molecule has 0 fully saturated rings. The Morgan fingerprint density at radius 2 is 2.00 bits per heavy atom. The van der Waals surface area contributed by atoms with Gasteiger partial charge in [0.1, 0.15) is 0 Å². The van der Waals surface area contributed by atoms with E-state index in [1.165, 1.54) is 0 Å². The van der Waals surface area contributed by atoms with Crippen molar-refractivity contribution in [1.29, 1.82) is 0 Å². The van der Waals surface area contributed by atoms with Crippen molar-refractivity contribution in [2.75, 3.05) is 19.6 Å². The van der Waals surface area contributed by atoms with Crippen LogP contribution in [0.15, 0.2) is 42.7 Å². The van der Waals surface area contributed by atoms with Crippen molar-refractivity contribution in [3.8, 4) is 5.69 Å². The van der Waals surface area contributed by atoms with Gasteiger partial charge in [-0.15, -0.1) is 0 Å². The Labute approximate surface area is 144 Å². The lowest BCUT2D eigenvalue weighted by atomic mass is 10.1. The normalized spacial score (nSPS) is 12.3. The third-order valence-electron chi connectivity index (χ3n) is 4.28. The maximum absolute atomic E-state index is 12.6. The summed E-state index contributed by atoms with van der Waals surface area (Å²) in [4.78, 5) is 15.0. The molecule has 0 radical (unpaired) electrons. The van der Waals surface area contributed by atoms with Gasteiger partial charge in [-0.2, -0.15) is 5.10 Å². The Bertz CT molecular complexity index is 620. The van der Waals surface area contributed by atoms with Gasteiger partial charge in [-0.3, -0.25) is 4.79 Å². The van der Waals surface area contributed by atoms with Crippen LogP contribution in [0.2, 0.25) is 0 Å². The van der Waals surface area contributed by atoms with Crippen LogP contribution >= 0.6 is 0 Å². The molecule has 1 heterocycles. The summed E-state index contributed by atoms with van der Waals surface area (Å²) < 4.78 is 1.72. The van der Waals surface area contributed by atoms with E-state index < -0.39 is 0 Å². The summed E-state index contributed by atoms with van der Waals surface area (Å²) in [6.07, 6.45) is 5.63. The molecular weight excluding hydrogens is 300 g/mol. The summed E-state index contributed by atoms with van der Waals surface area (Å²) in [5, 5.41) is 7.34. The van der Waals surface area contributed by atoms with E-state index in [1.807, 2.05) is 36.5 Å². The van der Waals surface area contributed by atoms with Gasteiger partial charge in [0.05, 0.1) is 11.3 Å². The zero-order valence-corrected chi connectivity index (χ0v) is 14.9. The molecule has 0 spiro atoms. The fourth-order valence-corrected chi connectivity index (χ4v) is 2.81. The molecule has 1 aromatic heterocycles. The molecule has 1 N–H and O–H groups in total. The van der Waals surface area contributed by atoms with Crippen LogP contribution in [0, 0.1) is 0 Å². The SMILES string of the molecule is CCN(CC)CCC[C@H](C)NC(=O)c1ccccc1-n1cccn1. The van der Waals surface area contributed by atoms with Crippen LogP contribution < -0.4 is 5.32 Å². The van der Waals surface area contributed by atoms with Crippen LogP contribution in [0.5, 0.6) is 0 Å². The minimum absolute atomic E-state index is 0.0450. The first kappa shape index (κ1) is 18.2. The molecule has 2 rings (SSSR count). The second-order valence-corrected chi connectivity index (χ2v) is 6.01. The Balaban J connectivity index is 1.93. The van der Waals surface area contributed by atoms with E-state index in [-0.39, 0.29) is 11.9 Å². The maximum atomic E-state index is 12.6. The number of nitrogens with zero attached hydrogens (tertiary/aromatic N) is 3. The molecule has 0 aliphatic heterocycles. The predicted molar refractivity (Wildman–Crippen MR) is 97.5 cm³/mol. The minimum Gasteiger partial charge on any atom is -0.350 e. The third-order valence-corrected chi connectivity index (χ3v) is 4.28. The van der Waals surface area contributed by atoms with E-state index >= 15 is 0 Å². The molecule has 24 heavy (non-hydrogen) atoms. The molecule has 0 aliphatic carbocycles. The number of benzene rings is 1. The minimum atomic E-state index is -0.0450. The van der Waals surface area contributed by atoms with E-state index in [9.17, 15) is 4.79 Å². The first-order chi connectivity index (χ1) is 11.7. The summed E-state index contributed by atoms with van der Waals surface area (Å²) in [5.74, 6) is -0.0450. The number of carbonyl (C=O) groups excluding carboxylic acids is 1. The summed E-state index contributed by atoms with van der Waals surface area (Å²) in [6, 6.07) is 9.56. The van der Waals surface area contributed by atoms with Crippen LogP contribution in [0.4, 0.5) is 0 Å².